The lowest BCUT2D eigenvalue weighted by Crippen LogP contribution is -2.13. The Bertz CT molecular complexity index is 748. The molecule has 0 aliphatic carbocycles. The number of rotatable bonds is 4. The summed E-state index contributed by atoms with van der Waals surface area (Å²) in [7, 11) is 0. The monoisotopic (exact) mass is 282 g/mol. The molecule has 0 radical (unpaired) electrons. The van der Waals surface area contributed by atoms with Gasteiger partial charge in [-0.3, -0.25) is 4.98 Å². The van der Waals surface area contributed by atoms with Crippen LogP contribution in [0.5, 0.6) is 5.75 Å². The van der Waals surface area contributed by atoms with Crippen LogP contribution in [0.1, 0.15) is 11.1 Å². The van der Waals surface area contributed by atoms with E-state index in [4.69, 9.17) is 0 Å². The Hall–Kier alpha value is -2.46. The summed E-state index contributed by atoms with van der Waals surface area (Å²) in [6.07, 6.45) is 1.77. The third kappa shape index (κ3) is 3.17. The molecule has 0 saturated carbocycles. The largest absolute Gasteiger partial charge is 0.508 e. The van der Waals surface area contributed by atoms with E-state index in [0.29, 0.717) is 18.7 Å². The molecule has 0 spiro atoms. The van der Waals surface area contributed by atoms with Crippen molar-refractivity contribution in [3.8, 4) is 5.75 Å². The van der Waals surface area contributed by atoms with E-state index >= 15 is 0 Å². The number of fused-ring (bicyclic) bond motifs is 1. The molecule has 21 heavy (non-hydrogen) atoms. The summed E-state index contributed by atoms with van der Waals surface area (Å²) in [6, 6.07) is 14.0. The molecule has 0 bridgehead atoms. The molecule has 0 saturated heterocycles. The Morgan fingerprint density at radius 2 is 1.90 bits per heavy atom. The van der Waals surface area contributed by atoms with Crippen molar-refractivity contribution in [2.75, 3.05) is 0 Å². The molecule has 0 atom stereocenters. The maximum absolute atomic E-state index is 13.2. The zero-order valence-electron chi connectivity index (χ0n) is 11.4. The Morgan fingerprint density at radius 3 is 2.76 bits per heavy atom. The van der Waals surface area contributed by atoms with Gasteiger partial charge in [0, 0.05) is 30.7 Å². The van der Waals surface area contributed by atoms with Crippen molar-refractivity contribution in [1.82, 2.24) is 10.3 Å². The number of hydrogen-bond donors (Lipinski definition) is 2. The van der Waals surface area contributed by atoms with Gasteiger partial charge in [0.05, 0.1) is 5.52 Å². The first-order valence-electron chi connectivity index (χ1n) is 6.74. The fourth-order valence-corrected chi connectivity index (χ4v) is 2.39. The van der Waals surface area contributed by atoms with Gasteiger partial charge in [-0.1, -0.05) is 24.3 Å². The molecule has 0 aliphatic rings. The Kier molecular flexibility index (Phi) is 3.79. The van der Waals surface area contributed by atoms with Crippen molar-refractivity contribution < 1.29 is 9.50 Å². The summed E-state index contributed by atoms with van der Waals surface area (Å²) in [5.74, 6) is -0.489. The van der Waals surface area contributed by atoms with Crippen LogP contribution >= 0.6 is 0 Å². The van der Waals surface area contributed by atoms with E-state index in [-0.39, 0.29) is 5.75 Å². The lowest BCUT2D eigenvalue weighted by molar-refractivity contribution is 0.467. The number of nitrogens with zero attached hydrogens (tertiary/aromatic N) is 1. The third-order valence-electron chi connectivity index (χ3n) is 3.30. The molecule has 3 aromatic rings. The molecular weight excluding hydrogens is 267 g/mol. The second kappa shape index (κ2) is 5.89. The number of pyridine rings is 1. The summed E-state index contributed by atoms with van der Waals surface area (Å²) in [5, 5.41) is 13.7. The lowest BCUT2D eigenvalue weighted by atomic mass is 10.1. The predicted molar refractivity (Wildman–Crippen MR) is 80.4 cm³/mol. The Labute approximate surface area is 122 Å². The number of para-hydroxylation sites is 1. The number of phenols is 1. The van der Waals surface area contributed by atoms with E-state index in [1.807, 2.05) is 30.3 Å². The summed E-state index contributed by atoms with van der Waals surface area (Å²) in [4.78, 5) is 4.40. The smallest absolute Gasteiger partial charge is 0.127 e. The van der Waals surface area contributed by atoms with Crippen LogP contribution in [0, 0.1) is 5.82 Å². The molecule has 0 amide bonds. The van der Waals surface area contributed by atoms with Gasteiger partial charge in [0.15, 0.2) is 0 Å². The van der Waals surface area contributed by atoms with Crippen LogP contribution in [0.3, 0.4) is 0 Å². The topological polar surface area (TPSA) is 45.1 Å². The van der Waals surface area contributed by atoms with Crippen LogP contribution in [-0.2, 0) is 13.1 Å². The minimum Gasteiger partial charge on any atom is -0.508 e. The fraction of sp³-hybridized carbons (Fsp3) is 0.118. The Balaban J connectivity index is 1.72. The molecular formula is C17H15FN2O. The van der Waals surface area contributed by atoms with Crippen molar-refractivity contribution in [1.29, 1.82) is 0 Å². The molecule has 3 nitrogen and oxygen atoms in total. The highest BCUT2D eigenvalue weighted by Gasteiger charge is 2.03. The highest BCUT2D eigenvalue weighted by Crippen LogP contribution is 2.17. The average Bonchev–Trinajstić information content (AvgIpc) is 2.46. The van der Waals surface area contributed by atoms with Crippen molar-refractivity contribution in [3.63, 3.8) is 0 Å². The van der Waals surface area contributed by atoms with Crippen molar-refractivity contribution in [3.05, 3.63) is 71.7 Å². The summed E-state index contributed by atoms with van der Waals surface area (Å²) in [6.45, 7) is 1.11. The van der Waals surface area contributed by atoms with Gasteiger partial charge in [-0.25, -0.2) is 4.39 Å². The van der Waals surface area contributed by atoms with Crippen LogP contribution in [0.15, 0.2) is 54.7 Å². The third-order valence-corrected chi connectivity index (χ3v) is 3.30. The highest BCUT2D eigenvalue weighted by atomic mass is 19.1. The van der Waals surface area contributed by atoms with E-state index in [1.165, 1.54) is 6.07 Å². The van der Waals surface area contributed by atoms with E-state index < -0.39 is 5.82 Å². The summed E-state index contributed by atoms with van der Waals surface area (Å²) < 4.78 is 13.2. The van der Waals surface area contributed by atoms with E-state index in [9.17, 15) is 9.50 Å². The van der Waals surface area contributed by atoms with Crippen LogP contribution in [0.2, 0.25) is 0 Å². The minimum absolute atomic E-state index is 0.0568. The predicted octanol–water partition coefficient (Wildman–Crippen LogP) is 3.37. The van der Waals surface area contributed by atoms with Gasteiger partial charge in [0.25, 0.3) is 0 Å². The molecule has 4 heteroatoms. The van der Waals surface area contributed by atoms with Crippen LogP contribution in [0.25, 0.3) is 10.9 Å². The number of aromatic hydroxyl groups is 1. The van der Waals surface area contributed by atoms with Gasteiger partial charge < -0.3 is 10.4 Å². The standard InChI is InChI=1S/C17H15FN2O/c18-15-7-12(8-16(21)9-15)10-19-11-14-4-1-3-13-5-2-6-20-17(13)14/h1-9,19,21H,10-11H2. The number of nitrogens with one attached hydrogen (secondary N) is 1. The quantitative estimate of drug-likeness (QED) is 0.771. The number of aromatic nitrogens is 1. The van der Waals surface area contributed by atoms with Crippen molar-refractivity contribution in [2.24, 2.45) is 0 Å². The first-order chi connectivity index (χ1) is 10.2. The van der Waals surface area contributed by atoms with E-state index in [1.54, 1.807) is 12.3 Å². The number of halogens is 1. The van der Waals surface area contributed by atoms with Gasteiger partial charge in [-0.15, -0.1) is 0 Å². The van der Waals surface area contributed by atoms with Crippen molar-refractivity contribution >= 4 is 10.9 Å². The number of phenolic OH excluding ortho intramolecular Hbond substituents is 1. The zero-order valence-corrected chi connectivity index (χ0v) is 11.4. The maximum atomic E-state index is 13.2. The average molecular weight is 282 g/mol. The van der Waals surface area contributed by atoms with Gasteiger partial charge in [-0.2, -0.15) is 0 Å². The second-order valence-corrected chi connectivity index (χ2v) is 4.91. The molecule has 0 fully saturated rings. The minimum atomic E-state index is -0.432. The SMILES string of the molecule is Oc1cc(F)cc(CNCc2cccc3cccnc23)c1. The summed E-state index contributed by atoms with van der Waals surface area (Å²) in [5.41, 5.74) is 2.77. The Morgan fingerprint density at radius 1 is 1.05 bits per heavy atom. The molecule has 0 unspecified atom stereocenters. The maximum Gasteiger partial charge on any atom is 0.127 e. The van der Waals surface area contributed by atoms with E-state index in [2.05, 4.69) is 10.3 Å². The van der Waals surface area contributed by atoms with Crippen LogP contribution in [0.4, 0.5) is 4.39 Å². The van der Waals surface area contributed by atoms with Gasteiger partial charge in [-0.05, 0) is 29.3 Å². The van der Waals surface area contributed by atoms with Crippen molar-refractivity contribution in [2.45, 2.75) is 13.1 Å². The van der Waals surface area contributed by atoms with Gasteiger partial charge in [0.1, 0.15) is 11.6 Å². The molecule has 2 N–H and O–H groups in total. The second-order valence-electron chi connectivity index (χ2n) is 4.91. The number of benzene rings is 2. The molecule has 2 aromatic carbocycles. The highest BCUT2D eigenvalue weighted by molar-refractivity contribution is 5.81. The van der Waals surface area contributed by atoms with Crippen LogP contribution in [-0.4, -0.2) is 10.1 Å². The van der Waals surface area contributed by atoms with E-state index in [0.717, 1.165) is 22.5 Å². The molecule has 1 heterocycles. The fourth-order valence-electron chi connectivity index (χ4n) is 2.39. The lowest BCUT2D eigenvalue weighted by Gasteiger charge is -2.08. The van der Waals surface area contributed by atoms with Gasteiger partial charge >= 0.3 is 0 Å². The molecule has 3 rings (SSSR count). The first kappa shape index (κ1) is 13.5. The van der Waals surface area contributed by atoms with Gasteiger partial charge in [0.2, 0.25) is 0 Å². The molecule has 1 aromatic heterocycles. The molecule has 106 valence electrons. The zero-order chi connectivity index (χ0) is 14.7. The first-order valence-corrected chi connectivity index (χ1v) is 6.74. The molecule has 0 aliphatic heterocycles. The number of hydrogen-bond acceptors (Lipinski definition) is 3. The van der Waals surface area contributed by atoms with Crippen LogP contribution < -0.4 is 5.32 Å². The summed E-state index contributed by atoms with van der Waals surface area (Å²) >= 11 is 0. The normalized spacial score (nSPS) is 10.9.